The number of thiophene rings is 1. The van der Waals surface area contributed by atoms with E-state index in [-0.39, 0.29) is 18.2 Å². The third-order valence-electron chi connectivity index (χ3n) is 4.26. The van der Waals surface area contributed by atoms with Gasteiger partial charge in [-0.25, -0.2) is 4.79 Å². The second-order valence-corrected chi connectivity index (χ2v) is 7.14. The van der Waals surface area contributed by atoms with E-state index in [4.69, 9.17) is 9.15 Å². The zero-order valence-electron chi connectivity index (χ0n) is 15.7. The molecule has 144 valence electrons. The van der Waals surface area contributed by atoms with Crippen molar-refractivity contribution < 1.29 is 23.5 Å². The zero-order valence-corrected chi connectivity index (χ0v) is 16.5. The summed E-state index contributed by atoms with van der Waals surface area (Å²) in [6.07, 6.45) is 0. The number of esters is 1. The molecule has 7 heteroatoms. The molecule has 0 bridgehead atoms. The van der Waals surface area contributed by atoms with Gasteiger partial charge in [0.15, 0.2) is 0 Å². The van der Waals surface area contributed by atoms with Crippen LogP contribution in [0.2, 0.25) is 0 Å². The summed E-state index contributed by atoms with van der Waals surface area (Å²) in [6, 6.07) is 11.8. The molecule has 0 saturated heterocycles. The summed E-state index contributed by atoms with van der Waals surface area (Å²) in [7, 11) is 2.91. The molecular formula is C21H19NO5S. The maximum absolute atomic E-state index is 13.0. The van der Waals surface area contributed by atoms with Gasteiger partial charge >= 0.3 is 5.97 Å². The number of benzene rings is 1. The maximum Gasteiger partial charge on any atom is 0.341 e. The molecule has 0 spiro atoms. The molecule has 0 atom stereocenters. The smallest absolute Gasteiger partial charge is 0.341 e. The number of aryl methyl sites for hydroxylation is 1. The van der Waals surface area contributed by atoms with E-state index >= 15 is 0 Å². The molecule has 1 aromatic carbocycles. The molecule has 2 aromatic heterocycles. The first-order valence-electron chi connectivity index (χ1n) is 8.52. The summed E-state index contributed by atoms with van der Waals surface area (Å²) in [5, 5.41) is 1.82. The Labute approximate surface area is 166 Å². The van der Waals surface area contributed by atoms with E-state index in [0.717, 1.165) is 0 Å². The predicted octanol–water partition coefficient (Wildman–Crippen LogP) is 3.94. The first kappa shape index (κ1) is 19.6. The standard InChI is InChI=1S/C21H19NO5S/c1-13-17(21(25)26-3)11-14(27-13)12-22(2)20(24)16-8-5-4-7-15(16)19(23)18-9-6-10-28-18/h4-11H,12H2,1-3H3. The highest BCUT2D eigenvalue weighted by atomic mass is 32.1. The third-order valence-corrected chi connectivity index (χ3v) is 5.13. The summed E-state index contributed by atoms with van der Waals surface area (Å²) in [6.45, 7) is 1.81. The number of nitrogens with zero attached hydrogens (tertiary/aromatic N) is 1. The Balaban J connectivity index is 1.83. The van der Waals surface area contributed by atoms with Crippen molar-refractivity contribution in [2.75, 3.05) is 14.2 Å². The minimum absolute atomic E-state index is 0.151. The van der Waals surface area contributed by atoms with E-state index in [0.29, 0.717) is 33.1 Å². The average Bonchev–Trinajstić information content (AvgIpc) is 3.36. The quantitative estimate of drug-likeness (QED) is 0.465. The van der Waals surface area contributed by atoms with Crippen molar-refractivity contribution in [1.82, 2.24) is 4.90 Å². The van der Waals surface area contributed by atoms with Gasteiger partial charge in [-0.1, -0.05) is 24.3 Å². The molecule has 28 heavy (non-hydrogen) atoms. The van der Waals surface area contributed by atoms with Crippen molar-refractivity contribution in [2.45, 2.75) is 13.5 Å². The molecule has 6 nitrogen and oxygen atoms in total. The van der Waals surface area contributed by atoms with Crippen molar-refractivity contribution >= 4 is 29.0 Å². The SMILES string of the molecule is COC(=O)c1cc(CN(C)C(=O)c2ccccc2C(=O)c2cccs2)oc1C. The highest BCUT2D eigenvalue weighted by Crippen LogP contribution is 2.21. The lowest BCUT2D eigenvalue weighted by Gasteiger charge is -2.17. The number of amides is 1. The van der Waals surface area contributed by atoms with Crippen LogP contribution < -0.4 is 0 Å². The number of hydrogen-bond donors (Lipinski definition) is 0. The summed E-state index contributed by atoms with van der Waals surface area (Å²) in [5.74, 6) is -0.108. The zero-order chi connectivity index (χ0) is 20.3. The predicted molar refractivity (Wildman–Crippen MR) is 105 cm³/mol. The van der Waals surface area contributed by atoms with E-state index < -0.39 is 5.97 Å². The van der Waals surface area contributed by atoms with Crippen LogP contribution in [0.15, 0.2) is 52.3 Å². The Kier molecular flexibility index (Phi) is 5.75. The van der Waals surface area contributed by atoms with E-state index in [1.165, 1.54) is 23.3 Å². The lowest BCUT2D eigenvalue weighted by molar-refractivity contribution is 0.0598. The largest absolute Gasteiger partial charge is 0.465 e. The van der Waals surface area contributed by atoms with Crippen LogP contribution in [-0.4, -0.2) is 36.7 Å². The van der Waals surface area contributed by atoms with Crippen molar-refractivity contribution in [2.24, 2.45) is 0 Å². The van der Waals surface area contributed by atoms with Crippen LogP contribution in [0.1, 0.15) is 47.5 Å². The van der Waals surface area contributed by atoms with Gasteiger partial charge in [0.25, 0.3) is 5.91 Å². The van der Waals surface area contributed by atoms with Crippen LogP contribution in [0.5, 0.6) is 0 Å². The fourth-order valence-corrected chi connectivity index (χ4v) is 3.53. The van der Waals surface area contributed by atoms with Crippen molar-refractivity contribution in [3.05, 3.63) is 80.9 Å². The Bertz CT molecular complexity index is 1020. The van der Waals surface area contributed by atoms with Crippen LogP contribution >= 0.6 is 11.3 Å². The molecule has 0 radical (unpaired) electrons. The van der Waals surface area contributed by atoms with Gasteiger partial charge < -0.3 is 14.1 Å². The van der Waals surface area contributed by atoms with Gasteiger partial charge in [-0.05, 0) is 30.5 Å². The van der Waals surface area contributed by atoms with Gasteiger partial charge in [0.2, 0.25) is 5.78 Å². The second kappa shape index (κ2) is 8.22. The van der Waals surface area contributed by atoms with Crippen LogP contribution in [0.3, 0.4) is 0 Å². The number of furan rings is 1. The number of carbonyl (C=O) groups excluding carboxylic acids is 3. The molecule has 3 rings (SSSR count). The summed E-state index contributed by atoms with van der Waals surface area (Å²) < 4.78 is 10.3. The molecule has 3 aromatic rings. The molecule has 0 aliphatic heterocycles. The van der Waals surface area contributed by atoms with Crippen molar-refractivity contribution in [3.8, 4) is 0 Å². The molecule has 0 saturated carbocycles. The van der Waals surface area contributed by atoms with Gasteiger partial charge in [-0.2, -0.15) is 0 Å². The minimum atomic E-state index is -0.492. The van der Waals surface area contributed by atoms with E-state index in [1.54, 1.807) is 56.4 Å². The monoisotopic (exact) mass is 397 g/mol. The average molecular weight is 397 g/mol. The molecule has 0 fully saturated rings. The Hall–Kier alpha value is -3.19. The van der Waals surface area contributed by atoms with Crippen LogP contribution in [-0.2, 0) is 11.3 Å². The fourth-order valence-electron chi connectivity index (χ4n) is 2.85. The molecule has 1 amide bonds. The number of carbonyl (C=O) groups is 3. The highest BCUT2D eigenvalue weighted by Gasteiger charge is 2.23. The van der Waals surface area contributed by atoms with Gasteiger partial charge in [-0.3, -0.25) is 9.59 Å². The first-order chi connectivity index (χ1) is 13.4. The number of methoxy groups -OCH3 is 1. The summed E-state index contributed by atoms with van der Waals surface area (Å²) in [4.78, 5) is 39.5. The topological polar surface area (TPSA) is 76.8 Å². The van der Waals surface area contributed by atoms with Crippen LogP contribution in [0.25, 0.3) is 0 Å². The van der Waals surface area contributed by atoms with E-state index in [2.05, 4.69) is 0 Å². The molecule has 0 N–H and O–H groups in total. The van der Waals surface area contributed by atoms with Crippen molar-refractivity contribution in [3.63, 3.8) is 0 Å². The fraction of sp³-hybridized carbons (Fsp3) is 0.190. The number of ketones is 1. The molecule has 2 heterocycles. The molecule has 0 aliphatic rings. The molecule has 0 unspecified atom stereocenters. The van der Waals surface area contributed by atoms with E-state index in [9.17, 15) is 14.4 Å². The normalized spacial score (nSPS) is 10.5. The molecular weight excluding hydrogens is 378 g/mol. The molecule has 0 aliphatic carbocycles. The lowest BCUT2D eigenvalue weighted by atomic mass is 10.0. The van der Waals surface area contributed by atoms with Crippen LogP contribution in [0, 0.1) is 6.92 Å². The minimum Gasteiger partial charge on any atom is -0.465 e. The first-order valence-corrected chi connectivity index (χ1v) is 9.40. The number of hydrogen-bond acceptors (Lipinski definition) is 6. The third kappa shape index (κ3) is 3.89. The summed E-state index contributed by atoms with van der Waals surface area (Å²) in [5.41, 5.74) is 0.999. The van der Waals surface area contributed by atoms with Gasteiger partial charge in [0.1, 0.15) is 17.1 Å². The van der Waals surface area contributed by atoms with Gasteiger partial charge in [-0.15, -0.1) is 11.3 Å². The van der Waals surface area contributed by atoms with Crippen LogP contribution in [0.4, 0.5) is 0 Å². The summed E-state index contributed by atoms with van der Waals surface area (Å²) >= 11 is 1.33. The lowest BCUT2D eigenvalue weighted by Crippen LogP contribution is -2.27. The Morgan fingerprint density at radius 2 is 1.79 bits per heavy atom. The van der Waals surface area contributed by atoms with Gasteiger partial charge in [0.05, 0.1) is 24.1 Å². The number of ether oxygens (including phenoxy) is 1. The van der Waals surface area contributed by atoms with Crippen molar-refractivity contribution in [1.29, 1.82) is 0 Å². The Morgan fingerprint density at radius 3 is 2.43 bits per heavy atom. The Morgan fingerprint density at radius 1 is 1.07 bits per heavy atom. The highest BCUT2D eigenvalue weighted by molar-refractivity contribution is 7.12. The van der Waals surface area contributed by atoms with E-state index in [1.807, 2.05) is 5.38 Å². The maximum atomic E-state index is 13.0. The number of rotatable bonds is 6. The second-order valence-electron chi connectivity index (χ2n) is 6.19. The van der Waals surface area contributed by atoms with Gasteiger partial charge in [0, 0.05) is 12.6 Å².